The predicted octanol–water partition coefficient (Wildman–Crippen LogP) is 4.49. The van der Waals surface area contributed by atoms with Crippen LogP contribution in [0.3, 0.4) is 0 Å². The fourth-order valence-corrected chi connectivity index (χ4v) is 2.55. The number of hydrogen-bond donors (Lipinski definition) is 2. The zero-order valence-electron chi connectivity index (χ0n) is 15.6. The van der Waals surface area contributed by atoms with Crippen molar-refractivity contribution in [3.05, 3.63) is 71.7 Å². The summed E-state index contributed by atoms with van der Waals surface area (Å²) in [4.78, 5) is 20.8. The molecule has 0 aliphatic heterocycles. The van der Waals surface area contributed by atoms with Gasteiger partial charge in [-0.2, -0.15) is 0 Å². The Bertz CT molecular complexity index is 939. The molecule has 0 fully saturated rings. The number of nitrogens with zero attached hydrogens (tertiary/aromatic N) is 2. The number of nitrogens with one attached hydrogen (secondary N) is 2. The normalized spacial score (nSPS) is 10.3. The molecule has 0 bridgehead atoms. The molecule has 1 heterocycles. The number of ether oxygens (including phenoxy) is 1. The quantitative estimate of drug-likeness (QED) is 0.676. The van der Waals surface area contributed by atoms with Gasteiger partial charge in [0.05, 0.1) is 6.61 Å². The fourth-order valence-electron chi connectivity index (χ4n) is 2.55. The van der Waals surface area contributed by atoms with Crippen LogP contribution in [-0.2, 0) is 0 Å². The topological polar surface area (TPSA) is 76.1 Å². The molecule has 3 rings (SSSR count). The molecule has 0 aliphatic rings. The number of rotatable bonds is 6. The van der Waals surface area contributed by atoms with Crippen LogP contribution < -0.4 is 15.4 Å². The lowest BCUT2D eigenvalue weighted by Crippen LogP contribution is -2.14. The highest BCUT2D eigenvalue weighted by atomic mass is 16.5. The molecule has 1 amide bonds. The summed E-state index contributed by atoms with van der Waals surface area (Å²) in [6.07, 6.45) is 1.38. The first-order valence-corrected chi connectivity index (χ1v) is 8.75. The summed E-state index contributed by atoms with van der Waals surface area (Å²) in [6.45, 7) is 6.57. The minimum atomic E-state index is -0.300. The number of anilines is 3. The van der Waals surface area contributed by atoms with Crippen molar-refractivity contribution in [1.82, 2.24) is 9.97 Å². The Kier molecular flexibility index (Phi) is 5.66. The first-order valence-electron chi connectivity index (χ1n) is 8.75. The lowest BCUT2D eigenvalue weighted by Gasteiger charge is -2.11. The summed E-state index contributed by atoms with van der Waals surface area (Å²) >= 11 is 0. The molecule has 2 N–H and O–H groups in total. The first-order chi connectivity index (χ1) is 13.0. The van der Waals surface area contributed by atoms with Crippen molar-refractivity contribution in [2.24, 2.45) is 0 Å². The number of amides is 1. The van der Waals surface area contributed by atoms with E-state index >= 15 is 0 Å². The molecule has 0 saturated heterocycles. The molecular formula is C21H22N4O2. The number of aryl methyl sites for hydroxylation is 2. The van der Waals surface area contributed by atoms with Gasteiger partial charge in [-0.1, -0.05) is 12.1 Å². The van der Waals surface area contributed by atoms with Gasteiger partial charge in [-0.25, -0.2) is 9.97 Å². The van der Waals surface area contributed by atoms with Crippen LogP contribution in [0, 0.1) is 13.8 Å². The second kappa shape index (κ2) is 8.31. The van der Waals surface area contributed by atoms with Gasteiger partial charge in [-0.3, -0.25) is 4.79 Å². The Morgan fingerprint density at radius 2 is 1.81 bits per heavy atom. The van der Waals surface area contributed by atoms with Crippen LogP contribution in [0.25, 0.3) is 0 Å². The third kappa shape index (κ3) is 4.82. The van der Waals surface area contributed by atoms with Gasteiger partial charge in [0.2, 0.25) is 0 Å². The fraction of sp³-hybridized carbons (Fsp3) is 0.190. The minimum Gasteiger partial charge on any atom is -0.494 e. The first kappa shape index (κ1) is 18.4. The van der Waals surface area contributed by atoms with Gasteiger partial charge in [-0.15, -0.1) is 0 Å². The number of carbonyl (C=O) groups excluding carboxylic acids is 1. The predicted molar refractivity (Wildman–Crippen MR) is 107 cm³/mol. The summed E-state index contributed by atoms with van der Waals surface area (Å²) < 4.78 is 5.40. The minimum absolute atomic E-state index is 0.284. The molecule has 0 unspecified atom stereocenters. The van der Waals surface area contributed by atoms with Crippen LogP contribution in [0.4, 0.5) is 17.2 Å². The van der Waals surface area contributed by atoms with Crippen LogP contribution >= 0.6 is 0 Å². The Balaban J connectivity index is 1.72. The van der Waals surface area contributed by atoms with Gasteiger partial charge in [-0.05, 0) is 62.2 Å². The molecule has 0 radical (unpaired) electrons. The molecule has 0 atom stereocenters. The van der Waals surface area contributed by atoms with E-state index in [-0.39, 0.29) is 11.6 Å². The Labute approximate surface area is 158 Å². The third-order valence-electron chi connectivity index (χ3n) is 3.98. The Morgan fingerprint density at radius 3 is 2.56 bits per heavy atom. The summed E-state index contributed by atoms with van der Waals surface area (Å²) in [7, 11) is 0. The maximum atomic E-state index is 12.5. The average Bonchev–Trinajstić information content (AvgIpc) is 2.67. The highest BCUT2D eigenvalue weighted by Gasteiger charge is 2.10. The highest BCUT2D eigenvalue weighted by molar-refractivity contribution is 6.03. The summed E-state index contributed by atoms with van der Waals surface area (Å²) in [5, 5.41) is 6.07. The number of benzene rings is 2. The zero-order valence-corrected chi connectivity index (χ0v) is 15.6. The van der Waals surface area contributed by atoms with Crippen molar-refractivity contribution in [1.29, 1.82) is 0 Å². The van der Waals surface area contributed by atoms with Gasteiger partial charge in [0.15, 0.2) is 0 Å². The van der Waals surface area contributed by atoms with Crippen LogP contribution in [0.2, 0.25) is 0 Å². The lowest BCUT2D eigenvalue weighted by atomic mass is 10.1. The molecule has 0 aliphatic carbocycles. The van der Waals surface area contributed by atoms with Crippen LogP contribution in [0.15, 0.2) is 54.9 Å². The molecule has 2 aromatic carbocycles. The third-order valence-corrected chi connectivity index (χ3v) is 3.98. The standard InChI is InChI=1S/C21H22N4O2/c1-4-27-17-9-7-16(8-10-17)24-21(26)19-12-20(23-13-22-19)25-18-11-14(2)5-6-15(18)3/h5-13H,4H2,1-3H3,(H,24,26)(H,22,23,25). The van der Waals surface area contributed by atoms with E-state index in [1.807, 2.05) is 45.0 Å². The number of hydrogen-bond acceptors (Lipinski definition) is 5. The monoisotopic (exact) mass is 362 g/mol. The van der Waals surface area contributed by atoms with Gasteiger partial charge < -0.3 is 15.4 Å². The smallest absolute Gasteiger partial charge is 0.274 e. The maximum Gasteiger partial charge on any atom is 0.274 e. The van der Waals surface area contributed by atoms with E-state index in [4.69, 9.17) is 4.74 Å². The van der Waals surface area contributed by atoms with Gasteiger partial charge >= 0.3 is 0 Å². The summed E-state index contributed by atoms with van der Waals surface area (Å²) in [6, 6.07) is 15.0. The molecular weight excluding hydrogens is 340 g/mol. The van der Waals surface area contributed by atoms with E-state index in [0.29, 0.717) is 18.1 Å². The van der Waals surface area contributed by atoms with E-state index in [9.17, 15) is 4.79 Å². The maximum absolute atomic E-state index is 12.5. The van der Waals surface area contributed by atoms with Crippen LogP contribution in [0.5, 0.6) is 5.75 Å². The van der Waals surface area contributed by atoms with Crippen LogP contribution in [0.1, 0.15) is 28.5 Å². The van der Waals surface area contributed by atoms with Crippen molar-refractivity contribution >= 4 is 23.1 Å². The Hall–Kier alpha value is -3.41. The van der Waals surface area contributed by atoms with Crippen molar-refractivity contribution in [2.45, 2.75) is 20.8 Å². The molecule has 0 saturated carbocycles. The van der Waals surface area contributed by atoms with Crippen LogP contribution in [-0.4, -0.2) is 22.5 Å². The Morgan fingerprint density at radius 1 is 1.04 bits per heavy atom. The summed E-state index contributed by atoms with van der Waals surface area (Å²) in [5.74, 6) is 1.03. The number of carbonyl (C=O) groups is 1. The SMILES string of the molecule is CCOc1ccc(NC(=O)c2cc(Nc3cc(C)ccc3C)ncn2)cc1. The van der Waals surface area contributed by atoms with Crippen molar-refractivity contribution in [2.75, 3.05) is 17.2 Å². The van der Waals surface area contributed by atoms with Gasteiger partial charge in [0.25, 0.3) is 5.91 Å². The molecule has 6 nitrogen and oxygen atoms in total. The molecule has 1 aromatic heterocycles. The largest absolute Gasteiger partial charge is 0.494 e. The lowest BCUT2D eigenvalue weighted by molar-refractivity contribution is 0.102. The van der Waals surface area contributed by atoms with E-state index < -0.39 is 0 Å². The second-order valence-corrected chi connectivity index (χ2v) is 6.14. The number of aromatic nitrogens is 2. The van der Waals surface area contributed by atoms with Crippen molar-refractivity contribution < 1.29 is 9.53 Å². The van der Waals surface area contributed by atoms with Gasteiger partial charge in [0, 0.05) is 17.4 Å². The molecule has 6 heteroatoms. The van der Waals surface area contributed by atoms with E-state index in [2.05, 4.69) is 26.7 Å². The molecule has 3 aromatic rings. The summed E-state index contributed by atoms with van der Waals surface area (Å²) in [5.41, 5.74) is 4.15. The van der Waals surface area contributed by atoms with Gasteiger partial charge in [0.1, 0.15) is 23.6 Å². The zero-order chi connectivity index (χ0) is 19.2. The van der Waals surface area contributed by atoms with E-state index in [1.54, 1.807) is 18.2 Å². The van der Waals surface area contributed by atoms with E-state index in [0.717, 1.165) is 22.6 Å². The van der Waals surface area contributed by atoms with Crippen molar-refractivity contribution in [3.63, 3.8) is 0 Å². The second-order valence-electron chi connectivity index (χ2n) is 6.14. The highest BCUT2D eigenvalue weighted by Crippen LogP contribution is 2.21. The average molecular weight is 362 g/mol. The molecule has 27 heavy (non-hydrogen) atoms. The molecule has 0 spiro atoms. The van der Waals surface area contributed by atoms with Crippen molar-refractivity contribution in [3.8, 4) is 5.75 Å². The van der Waals surface area contributed by atoms with E-state index in [1.165, 1.54) is 6.33 Å². The molecule has 138 valence electrons.